The number of aliphatic hydroxyl groups is 2. The van der Waals surface area contributed by atoms with Gasteiger partial charge in [0.05, 0.1) is 19.8 Å². The van der Waals surface area contributed by atoms with Crippen molar-refractivity contribution in [2.45, 2.75) is 122 Å². The smallest absolute Gasteiger partial charge is 0.462 e. The van der Waals surface area contributed by atoms with Crippen LogP contribution in [-0.4, -0.2) is 65.7 Å². The molecule has 10 nitrogen and oxygen atoms in total. The Morgan fingerprint density at radius 3 is 1.82 bits per heavy atom. The van der Waals surface area contributed by atoms with E-state index in [1.165, 1.54) is 19.3 Å². The van der Waals surface area contributed by atoms with E-state index in [0.29, 0.717) is 19.3 Å². The van der Waals surface area contributed by atoms with Crippen LogP contribution in [0.3, 0.4) is 0 Å². The summed E-state index contributed by atoms with van der Waals surface area (Å²) < 4.78 is 32.4. The molecule has 0 saturated carbocycles. The fraction of sp³-hybridized carbons (Fsp3) is 0.590. The molecule has 0 aliphatic heterocycles. The fourth-order valence-electron chi connectivity index (χ4n) is 4.18. The molecule has 0 bridgehead atoms. The van der Waals surface area contributed by atoms with Crippen molar-refractivity contribution in [3.63, 3.8) is 0 Å². The molecule has 3 N–H and O–H groups in total. The largest absolute Gasteiger partial charge is 0.472 e. The molecule has 0 heterocycles. The fourth-order valence-corrected chi connectivity index (χ4v) is 4.97. The lowest BCUT2D eigenvalue weighted by Crippen LogP contribution is -2.29. The first-order valence-electron chi connectivity index (χ1n) is 18.1. The number of rotatable bonds is 32. The van der Waals surface area contributed by atoms with Gasteiger partial charge >= 0.3 is 19.8 Å². The normalized spacial score (nSPS) is 15.1. The van der Waals surface area contributed by atoms with Crippen LogP contribution in [0.25, 0.3) is 0 Å². The third kappa shape index (κ3) is 33.6. The van der Waals surface area contributed by atoms with E-state index < -0.39 is 51.8 Å². The highest BCUT2D eigenvalue weighted by Gasteiger charge is 2.27. The van der Waals surface area contributed by atoms with Crippen molar-refractivity contribution in [1.29, 1.82) is 0 Å². The van der Waals surface area contributed by atoms with E-state index in [2.05, 4.69) is 48.8 Å². The van der Waals surface area contributed by atoms with Crippen molar-refractivity contribution in [2.75, 3.05) is 26.4 Å². The second-order valence-corrected chi connectivity index (χ2v) is 13.1. The Labute approximate surface area is 300 Å². The number of hydrogen-bond donors (Lipinski definition) is 3. The molecular weight excluding hydrogens is 659 g/mol. The first-order chi connectivity index (χ1) is 24.2. The Morgan fingerprint density at radius 1 is 0.620 bits per heavy atom. The van der Waals surface area contributed by atoms with Crippen LogP contribution in [0, 0.1) is 0 Å². The molecule has 0 aromatic heterocycles. The summed E-state index contributed by atoms with van der Waals surface area (Å²) in [5.74, 6) is -1.03. The molecule has 284 valence electrons. The molecule has 0 saturated heterocycles. The first kappa shape index (κ1) is 47.1. The third-order valence-corrected chi connectivity index (χ3v) is 7.87. The van der Waals surface area contributed by atoms with Crippen LogP contribution >= 0.6 is 7.82 Å². The van der Waals surface area contributed by atoms with Gasteiger partial charge in [0.1, 0.15) is 12.7 Å². The quantitative estimate of drug-likeness (QED) is 0.0202. The van der Waals surface area contributed by atoms with Crippen LogP contribution in [0.1, 0.15) is 110 Å². The Balaban J connectivity index is 4.54. The van der Waals surface area contributed by atoms with E-state index in [4.69, 9.17) is 19.1 Å². The summed E-state index contributed by atoms with van der Waals surface area (Å²) in [6.45, 7) is 1.99. The second-order valence-electron chi connectivity index (χ2n) is 11.6. The lowest BCUT2D eigenvalue weighted by molar-refractivity contribution is -0.161. The van der Waals surface area contributed by atoms with Crippen LogP contribution in [0.15, 0.2) is 85.1 Å². The summed E-state index contributed by atoms with van der Waals surface area (Å²) in [4.78, 5) is 34.7. The summed E-state index contributed by atoms with van der Waals surface area (Å²) in [6, 6.07) is 0. The van der Waals surface area contributed by atoms with Gasteiger partial charge in [-0.05, 0) is 51.4 Å². The van der Waals surface area contributed by atoms with E-state index in [1.54, 1.807) is 0 Å². The molecule has 0 spiro atoms. The minimum Gasteiger partial charge on any atom is -0.462 e. The lowest BCUT2D eigenvalue weighted by Gasteiger charge is -2.20. The zero-order valence-corrected chi connectivity index (χ0v) is 31.2. The summed E-state index contributed by atoms with van der Waals surface area (Å²) >= 11 is 0. The minimum absolute atomic E-state index is 0.0811. The zero-order chi connectivity index (χ0) is 37.0. The van der Waals surface area contributed by atoms with E-state index in [1.807, 2.05) is 54.7 Å². The van der Waals surface area contributed by atoms with E-state index in [0.717, 1.165) is 44.9 Å². The van der Waals surface area contributed by atoms with Crippen LogP contribution in [0.4, 0.5) is 0 Å². The van der Waals surface area contributed by atoms with Crippen molar-refractivity contribution < 1.29 is 47.8 Å². The molecule has 2 unspecified atom stereocenters. The number of phosphoric acid groups is 1. The van der Waals surface area contributed by atoms with Gasteiger partial charge in [-0.3, -0.25) is 18.6 Å². The van der Waals surface area contributed by atoms with Crippen molar-refractivity contribution in [3.05, 3.63) is 85.1 Å². The third-order valence-electron chi connectivity index (χ3n) is 6.92. The minimum atomic E-state index is -4.64. The van der Waals surface area contributed by atoms with Crippen molar-refractivity contribution >= 4 is 19.8 Å². The molecule has 3 atom stereocenters. The lowest BCUT2D eigenvalue weighted by atomic mass is 10.1. The molecule has 0 fully saturated rings. The predicted octanol–water partition coefficient (Wildman–Crippen LogP) is 8.71. The van der Waals surface area contributed by atoms with Gasteiger partial charge in [0.15, 0.2) is 6.10 Å². The number of carbonyl (C=O) groups excluding carboxylic acids is 2. The number of ether oxygens (including phenoxy) is 2. The Kier molecular flexibility index (Phi) is 32.6. The predicted molar refractivity (Wildman–Crippen MR) is 200 cm³/mol. The van der Waals surface area contributed by atoms with Crippen molar-refractivity contribution in [3.8, 4) is 0 Å². The highest BCUT2D eigenvalue weighted by atomic mass is 31.2. The van der Waals surface area contributed by atoms with Gasteiger partial charge in [0.25, 0.3) is 0 Å². The molecule has 0 aromatic carbocycles. The maximum absolute atomic E-state index is 12.5. The van der Waals surface area contributed by atoms with E-state index in [-0.39, 0.29) is 19.4 Å². The molecular formula is C39H63O10P. The summed E-state index contributed by atoms with van der Waals surface area (Å²) in [6.07, 6.45) is 38.6. The summed E-state index contributed by atoms with van der Waals surface area (Å²) in [5, 5.41) is 18.2. The highest BCUT2D eigenvalue weighted by molar-refractivity contribution is 7.47. The number of esters is 2. The van der Waals surface area contributed by atoms with Gasteiger partial charge in [-0.2, -0.15) is 0 Å². The van der Waals surface area contributed by atoms with Gasteiger partial charge in [0.2, 0.25) is 0 Å². The molecule has 0 amide bonds. The molecule has 11 heteroatoms. The standard InChI is InChI=1S/C39H63O10P/c1-3-5-7-9-11-13-15-17-19-20-22-24-26-28-30-38(42)46-34-37(35-48-50(44,45)47-33-36(41)32-40)49-39(43)31-29-27-25-23-21-18-16-14-12-10-8-6-4-2/h5-8,10-14,16,18,21,23,25,36-37,40-41H,3-4,9,15,17,19-20,22,24,26-35H2,1-2H3,(H,44,45)/b7-5+,8-6+,12-10+,13-11+,16-14+,21-18+,25-23+/t36-,37?/m0/s1. The van der Waals surface area contributed by atoms with Crippen LogP contribution < -0.4 is 0 Å². The maximum Gasteiger partial charge on any atom is 0.472 e. The number of unbranched alkanes of at least 4 members (excludes halogenated alkanes) is 8. The average Bonchev–Trinajstić information content (AvgIpc) is 3.10. The molecule has 0 radical (unpaired) electrons. The van der Waals surface area contributed by atoms with E-state index >= 15 is 0 Å². The van der Waals surface area contributed by atoms with Gasteiger partial charge in [-0.15, -0.1) is 0 Å². The molecule has 0 aromatic rings. The second kappa shape index (κ2) is 34.6. The average molecular weight is 723 g/mol. The molecule has 50 heavy (non-hydrogen) atoms. The number of aliphatic hydroxyl groups excluding tert-OH is 2. The maximum atomic E-state index is 12.5. The Morgan fingerprint density at radius 2 is 1.16 bits per heavy atom. The highest BCUT2D eigenvalue weighted by Crippen LogP contribution is 2.43. The van der Waals surface area contributed by atoms with Crippen LogP contribution in [0.2, 0.25) is 0 Å². The molecule has 0 rings (SSSR count). The van der Waals surface area contributed by atoms with E-state index in [9.17, 15) is 24.2 Å². The van der Waals surface area contributed by atoms with Gasteiger partial charge in [0, 0.05) is 12.8 Å². The Hall–Kier alpha value is -2.85. The van der Waals surface area contributed by atoms with Crippen molar-refractivity contribution in [2.24, 2.45) is 0 Å². The summed E-state index contributed by atoms with van der Waals surface area (Å²) in [5.41, 5.74) is 0. The number of phosphoric ester groups is 1. The van der Waals surface area contributed by atoms with Gasteiger partial charge in [-0.1, -0.05) is 131 Å². The monoisotopic (exact) mass is 722 g/mol. The number of carbonyl (C=O) groups is 2. The van der Waals surface area contributed by atoms with Crippen LogP contribution in [-0.2, 0) is 32.7 Å². The van der Waals surface area contributed by atoms with Crippen LogP contribution in [0.5, 0.6) is 0 Å². The summed E-state index contributed by atoms with van der Waals surface area (Å²) in [7, 11) is -4.64. The SMILES string of the molecule is CC/C=C/C=C/C=C/C=C/C=C/CCCC(=O)OC(COC(=O)CCCCCCCCC/C=C/C/C=C/CC)COP(=O)(O)OC[C@@H](O)CO. The first-order valence-corrected chi connectivity index (χ1v) is 19.6. The molecule has 0 aliphatic rings. The topological polar surface area (TPSA) is 149 Å². The molecule has 0 aliphatic carbocycles. The van der Waals surface area contributed by atoms with Gasteiger partial charge in [-0.25, -0.2) is 4.57 Å². The Bertz CT molecular complexity index is 1110. The number of hydrogen-bond acceptors (Lipinski definition) is 9. The number of allylic oxidation sites excluding steroid dienone is 14. The van der Waals surface area contributed by atoms with Gasteiger partial charge < -0.3 is 24.6 Å². The van der Waals surface area contributed by atoms with Crippen molar-refractivity contribution in [1.82, 2.24) is 0 Å². The zero-order valence-electron chi connectivity index (χ0n) is 30.3.